The second-order valence-corrected chi connectivity index (χ2v) is 18.9. The lowest BCUT2D eigenvalue weighted by molar-refractivity contribution is -0.144. The molecule has 26 heteroatoms. The largest absolute Gasteiger partial charge is 0.508 e. The van der Waals surface area contributed by atoms with Crippen molar-refractivity contribution in [3.05, 3.63) is 65.7 Å². The summed E-state index contributed by atoms with van der Waals surface area (Å²) in [5, 5.41) is 56.0. The Morgan fingerprint density at radius 1 is 0.618 bits per heavy atom. The van der Waals surface area contributed by atoms with Crippen molar-refractivity contribution >= 4 is 65.1 Å². The van der Waals surface area contributed by atoms with E-state index in [9.17, 15) is 68.1 Å². The van der Waals surface area contributed by atoms with Crippen LogP contribution >= 0.6 is 0 Å². The number of carbonyl (C=O) groups excluding carboxylic acids is 9. The summed E-state index contributed by atoms with van der Waals surface area (Å²) in [5.74, 6) is -11.2. The van der Waals surface area contributed by atoms with Crippen LogP contribution in [0.4, 0.5) is 0 Å². The standard InChI is InChI=1S/C50H73N11O15/c1-27(2)41(60-42(67)28(3)52)49(74)61-23-9-13-38(61)48(73)58-36(24-29-10-5-4-6-11-29)46(71)57-35(25-30-14-16-31(63)17-15-30)45(70)55-33(18-20-39(53)64)44(69)54-32(12-7-8-22-51)43(68)59-37(26-62)47(72)56-34(50(75)76)19-21-40(65)66/h4-6,10-11,14-17,27-28,32-38,41,62-63H,7-9,12-13,18-26,51-52H2,1-3H3,(H2,53,64)(H,54,69)(H,55,70)(H,56,72)(H,57,71)(H,58,73)(H,59,68)(H,60,67)(H,65,66)(H,75,76)/t28-,32-,33-,34-,35-,36-,37-,38-,41-/m0/s1. The van der Waals surface area contributed by atoms with Gasteiger partial charge in [0.1, 0.15) is 54.1 Å². The predicted octanol–water partition coefficient (Wildman–Crippen LogP) is -3.10. The van der Waals surface area contributed by atoms with Crippen molar-refractivity contribution in [3.8, 4) is 5.75 Å². The third-order valence-electron chi connectivity index (χ3n) is 12.4. The average Bonchev–Trinajstić information content (AvgIpc) is 3.87. The number of primary amides is 1. The van der Waals surface area contributed by atoms with E-state index in [1.165, 1.54) is 36.1 Å². The molecule has 0 aliphatic carbocycles. The molecule has 0 unspecified atom stereocenters. The molecule has 1 aliphatic heterocycles. The van der Waals surface area contributed by atoms with Crippen molar-refractivity contribution in [3.63, 3.8) is 0 Å². The van der Waals surface area contributed by atoms with Gasteiger partial charge in [0.2, 0.25) is 53.2 Å². The SMILES string of the molecule is CC(C)[C@H](NC(=O)[C@H](C)N)C(=O)N1CCC[C@H]1C(=O)N[C@@H](Cc1ccccc1)C(=O)N[C@@H](Cc1ccc(O)cc1)C(=O)N[C@@H](CCC(N)=O)C(=O)N[C@@H](CCCCN)C(=O)N[C@@H](CO)C(=O)N[C@@H](CCC(=O)O)C(=O)O. The normalized spacial score (nSPS) is 16.2. The minimum Gasteiger partial charge on any atom is -0.508 e. The molecule has 0 saturated carbocycles. The van der Waals surface area contributed by atoms with Gasteiger partial charge >= 0.3 is 11.9 Å². The van der Waals surface area contributed by atoms with Gasteiger partial charge in [0.05, 0.1) is 12.6 Å². The molecule has 17 N–H and O–H groups in total. The topological polar surface area (TPSA) is 434 Å². The van der Waals surface area contributed by atoms with Crippen LogP contribution < -0.4 is 54.4 Å². The Hall–Kier alpha value is -7.71. The van der Waals surface area contributed by atoms with Crippen LogP contribution in [0.15, 0.2) is 54.6 Å². The minimum absolute atomic E-state index is 0.105. The van der Waals surface area contributed by atoms with Crippen molar-refractivity contribution < 1.29 is 73.2 Å². The van der Waals surface area contributed by atoms with Crippen LogP contribution in [0.3, 0.4) is 0 Å². The first kappa shape index (κ1) is 62.6. The predicted molar refractivity (Wildman–Crippen MR) is 272 cm³/mol. The first-order valence-corrected chi connectivity index (χ1v) is 25.0. The number of unbranched alkanes of at least 4 members (excludes halogenated alkanes) is 1. The van der Waals surface area contributed by atoms with Gasteiger partial charge in [0.25, 0.3) is 0 Å². The highest BCUT2D eigenvalue weighted by Gasteiger charge is 2.41. The van der Waals surface area contributed by atoms with Crippen LogP contribution in [0, 0.1) is 5.92 Å². The van der Waals surface area contributed by atoms with E-state index in [0.29, 0.717) is 24.0 Å². The van der Waals surface area contributed by atoms with Gasteiger partial charge in [-0.15, -0.1) is 0 Å². The summed E-state index contributed by atoms with van der Waals surface area (Å²) in [4.78, 5) is 147. The average molecular weight is 1070 g/mol. The Balaban J connectivity index is 1.96. The van der Waals surface area contributed by atoms with Crippen LogP contribution in [-0.2, 0) is 65.6 Å². The molecule has 3 rings (SSSR count). The molecule has 9 amide bonds. The molecule has 2 aromatic rings. The summed E-state index contributed by atoms with van der Waals surface area (Å²) < 4.78 is 0. The molecule has 0 aromatic heterocycles. The number of phenols is 1. The van der Waals surface area contributed by atoms with Gasteiger partial charge in [-0.05, 0) is 87.6 Å². The highest BCUT2D eigenvalue weighted by molar-refractivity contribution is 5.98. The van der Waals surface area contributed by atoms with Crippen LogP contribution in [0.5, 0.6) is 5.75 Å². The fraction of sp³-hybridized carbons (Fsp3) is 0.540. The van der Waals surface area contributed by atoms with E-state index >= 15 is 0 Å². The molecular formula is C50H73N11O15. The van der Waals surface area contributed by atoms with Gasteiger partial charge in [-0.1, -0.05) is 56.3 Å². The second kappa shape index (κ2) is 31.2. The van der Waals surface area contributed by atoms with E-state index in [1.807, 2.05) is 0 Å². The third kappa shape index (κ3) is 20.5. The molecule has 76 heavy (non-hydrogen) atoms. The van der Waals surface area contributed by atoms with E-state index in [-0.39, 0.29) is 56.9 Å². The van der Waals surface area contributed by atoms with Gasteiger partial charge in [0.15, 0.2) is 0 Å². The van der Waals surface area contributed by atoms with Crippen LogP contribution in [0.1, 0.15) is 89.7 Å². The van der Waals surface area contributed by atoms with Gasteiger partial charge in [-0.3, -0.25) is 47.9 Å². The number of rotatable bonds is 32. The molecule has 0 radical (unpaired) electrons. The smallest absolute Gasteiger partial charge is 0.326 e. The van der Waals surface area contributed by atoms with Crippen LogP contribution in [0.25, 0.3) is 0 Å². The molecule has 9 atom stereocenters. The number of nitrogens with one attached hydrogen (secondary N) is 7. The Bertz CT molecular complexity index is 2340. The number of amides is 9. The summed E-state index contributed by atoms with van der Waals surface area (Å²) >= 11 is 0. The number of carboxylic acids is 2. The maximum absolute atomic E-state index is 14.6. The van der Waals surface area contributed by atoms with Crippen LogP contribution in [-0.4, -0.2) is 165 Å². The second-order valence-electron chi connectivity index (χ2n) is 18.9. The van der Waals surface area contributed by atoms with Crippen molar-refractivity contribution in [1.29, 1.82) is 0 Å². The number of carboxylic acid groups (broad SMARTS) is 2. The number of nitrogens with two attached hydrogens (primary N) is 3. The Morgan fingerprint density at radius 3 is 1.64 bits per heavy atom. The zero-order valence-corrected chi connectivity index (χ0v) is 42.8. The number of aliphatic hydroxyl groups excluding tert-OH is 1. The number of hydrogen-bond donors (Lipinski definition) is 14. The molecule has 0 bridgehead atoms. The maximum Gasteiger partial charge on any atom is 0.326 e. The molecule has 418 valence electrons. The third-order valence-corrected chi connectivity index (χ3v) is 12.4. The van der Waals surface area contributed by atoms with Crippen molar-refractivity contribution in [2.75, 3.05) is 19.7 Å². The Morgan fingerprint density at radius 2 is 1.12 bits per heavy atom. The number of benzene rings is 2. The lowest BCUT2D eigenvalue weighted by Gasteiger charge is -2.32. The van der Waals surface area contributed by atoms with Gasteiger partial charge in [-0.2, -0.15) is 0 Å². The van der Waals surface area contributed by atoms with Gasteiger partial charge in [0, 0.05) is 32.2 Å². The van der Waals surface area contributed by atoms with Crippen molar-refractivity contribution in [1.82, 2.24) is 42.1 Å². The Labute approximate surface area is 439 Å². The number of phenolic OH excluding ortho intramolecular Hbond substituents is 1. The fourth-order valence-electron chi connectivity index (χ4n) is 8.08. The van der Waals surface area contributed by atoms with E-state index in [1.54, 1.807) is 44.2 Å². The number of nitrogens with zero attached hydrogens (tertiary/aromatic N) is 1. The van der Waals surface area contributed by atoms with E-state index in [2.05, 4.69) is 37.2 Å². The van der Waals surface area contributed by atoms with Crippen molar-refractivity contribution in [2.24, 2.45) is 23.1 Å². The highest BCUT2D eigenvalue weighted by Crippen LogP contribution is 2.22. The Kier molecular flexibility index (Phi) is 25.7. The zero-order valence-electron chi connectivity index (χ0n) is 42.8. The van der Waals surface area contributed by atoms with E-state index in [0.717, 1.165) is 0 Å². The molecule has 1 heterocycles. The minimum atomic E-state index is -1.78. The fourth-order valence-corrected chi connectivity index (χ4v) is 8.08. The number of likely N-dealkylation sites (tertiary alicyclic amines) is 1. The summed E-state index contributed by atoms with van der Waals surface area (Å²) in [6.07, 6.45) is -1.33. The molecular weight excluding hydrogens is 995 g/mol. The van der Waals surface area contributed by atoms with E-state index in [4.69, 9.17) is 22.3 Å². The number of aliphatic hydroxyl groups is 1. The summed E-state index contributed by atoms with van der Waals surface area (Å²) in [6.45, 7) is 4.21. The lowest BCUT2D eigenvalue weighted by Crippen LogP contribution is -2.61. The van der Waals surface area contributed by atoms with Crippen molar-refractivity contribution in [2.45, 2.75) is 146 Å². The monoisotopic (exact) mass is 1070 g/mol. The summed E-state index contributed by atoms with van der Waals surface area (Å²) in [6, 6.07) is 1.65. The number of hydrogen-bond acceptors (Lipinski definition) is 15. The van der Waals surface area contributed by atoms with E-state index < -0.39 is 152 Å². The number of aromatic hydroxyl groups is 1. The molecule has 1 fully saturated rings. The maximum atomic E-state index is 14.6. The van der Waals surface area contributed by atoms with Crippen LogP contribution in [0.2, 0.25) is 0 Å². The lowest BCUT2D eigenvalue weighted by atomic mass is 10.0. The van der Waals surface area contributed by atoms with Gasteiger partial charge in [-0.25, -0.2) is 4.79 Å². The summed E-state index contributed by atoms with van der Waals surface area (Å²) in [5.41, 5.74) is 17.9. The molecule has 1 saturated heterocycles. The highest BCUT2D eigenvalue weighted by atomic mass is 16.4. The molecule has 26 nitrogen and oxygen atoms in total. The first-order valence-electron chi connectivity index (χ1n) is 25.0. The molecule has 1 aliphatic rings. The van der Waals surface area contributed by atoms with Gasteiger partial charge < -0.3 is 79.7 Å². The quantitative estimate of drug-likeness (QED) is 0.0323. The number of aliphatic carboxylic acids is 2. The zero-order chi connectivity index (χ0) is 56.6. The molecule has 0 spiro atoms. The summed E-state index contributed by atoms with van der Waals surface area (Å²) in [7, 11) is 0. The number of carbonyl (C=O) groups is 11. The first-order chi connectivity index (χ1) is 35.9. The molecule has 2 aromatic carbocycles.